The molecule has 0 spiro atoms. The molecule has 9 bridgehead atoms. The summed E-state index contributed by atoms with van der Waals surface area (Å²) in [4.78, 5) is 0. The molecular formula is C27H32O3. The second kappa shape index (κ2) is 4.66. The van der Waals surface area contributed by atoms with Crippen molar-refractivity contribution in [1.29, 1.82) is 0 Å². The fraction of sp³-hybridized carbons (Fsp3) is 0.778. The molecule has 3 nitrogen and oxygen atoms in total. The fourth-order valence-corrected chi connectivity index (χ4v) is 13.7. The molecule has 0 unspecified atom stereocenters. The third-order valence-corrected chi connectivity index (χ3v) is 13.1. The van der Waals surface area contributed by atoms with E-state index in [1.807, 2.05) is 6.07 Å². The number of benzene rings is 1. The van der Waals surface area contributed by atoms with Gasteiger partial charge in [-0.25, -0.2) is 0 Å². The lowest BCUT2D eigenvalue weighted by atomic mass is 9.43. The number of ether oxygens (including phenoxy) is 1. The summed E-state index contributed by atoms with van der Waals surface area (Å²) >= 11 is 0. The van der Waals surface area contributed by atoms with Gasteiger partial charge in [-0.1, -0.05) is 24.6 Å². The van der Waals surface area contributed by atoms with Gasteiger partial charge in [-0.05, 0) is 103 Å². The second-order valence-corrected chi connectivity index (χ2v) is 12.5. The van der Waals surface area contributed by atoms with Crippen molar-refractivity contribution in [2.75, 3.05) is 13.2 Å². The van der Waals surface area contributed by atoms with Crippen molar-refractivity contribution in [3.05, 3.63) is 30.3 Å². The Hall–Kier alpha value is -1.06. The van der Waals surface area contributed by atoms with Crippen LogP contribution in [0.1, 0.15) is 32.1 Å². The first-order valence-corrected chi connectivity index (χ1v) is 12.7. The Bertz CT molecular complexity index is 962. The minimum atomic E-state index is -0.695. The van der Waals surface area contributed by atoms with E-state index < -0.39 is 5.60 Å². The Morgan fingerprint density at radius 2 is 1.50 bits per heavy atom. The average Bonchev–Trinajstić information content (AvgIpc) is 3.54. The normalized spacial score (nSPS) is 66.0. The topological polar surface area (TPSA) is 49.7 Å². The number of para-hydroxylation sites is 1. The van der Waals surface area contributed by atoms with E-state index in [0.717, 1.165) is 41.3 Å². The van der Waals surface area contributed by atoms with Gasteiger partial charge in [0.25, 0.3) is 0 Å². The Labute approximate surface area is 178 Å². The summed E-state index contributed by atoms with van der Waals surface area (Å²) < 4.78 is 6.60. The molecule has 3 heteroatoms. The van der Waals surface area contributed by atoms with Crippen LogP contribution < -0.4 is 4.74 Å². The molecule has 30 heavy (non-hydrogen) atoms. The third-order valence-electron chi connectivity index (χ3n) is 13.1. The van der Waals surface area contributed by atoms with Crippen molar-refractivity contribution in [2.24, 2.45) is 75.9 Å². The van der Waals surface area contributed by atoms with Crippen molar-refractivity contribution in [2.45, 2.75) is 37.7 Å². The lowest BCUT2D eigenvalue weighted by Gasteiger charge is -2.64. The summed E-state index contributed by atoms with van der Waals surface area (Å²) in [6, 6.07) is 10.3. The third kappa shape index (κ3) is 1.20. The highest BCUT2D eigenvalue weighted by atomic mass is 16.5. The highest BCUT2D eigenvalue weighted by Crippen LogP contribution is 2.98. The van der Waals surface area contributed by atoms with E-state index in [2.05, 4.69) is 24.3 Å². The maximum Gasteiger partial charge on any atom is 0.119 e. The van der Waals surface area contributed by atoms with Gasteiger partial charge in [0.2, 0.25) is 0 Å². The molecular weight excluding hydrogens is 372 g/mol. The summed E-state index contributed by atoms with van der Waals surface area (Å²) in [6.45, 7) is 0.904. The van der Waals surface area contributed by atoms with Gasteiger partial charge in [-0.2, -0.15) is 0 Å². The Morgan fingerprint density at radius 3 is 2.27 bits per heavy atom. The lowest BCUT2D eigenvalue weighted by molar-refractivity contribution is -0.282. The summed E-state index contributed by atoms with van der Waals surface area (Å²) in [5, 5.41) is 24.3. The van der Waals surface area contributed by atoms with E-state index in [9.17, 15) is 10.2 Å². The van der Waals surface area contributed by atoms with Gasteiger partial charge < -0.3 is 14.9 Å². The second-order valence-electron chi connectivity index (χ2n) is 12.5. The number of aliphatic hydroxyl groups is 2. The Kier molecular flexibility index (Phi) is 2.57. The zero-order valence-electron chi connectivity index (χ0n) is 17.5. The molecule has 9 fully saturated rings. The number of hydrogen-bond acceptors (Lipinski definition) is 3. The molecule has 0 aliphatic heterocycles. The first-order valence-electron chi connectivity index (χ1n) is 12.7. The summed E-state index contributed by atoms with van der Waals surface area (Å²) in [5.74, 6) is 8.47. The molecule has 0 amide bonds. The molecule has 1 aromatic carbocycles. The van der Waals surface area contributed by atoms with Gasteiger partial charge in [0.1, 0.15) is 5.75 Å². The van der Waals surface area contributed by atoms with Crippen LogP contribution in [-0.4, -0.2) is 29.0 Å². The molecule has 14 atom stereocenters. The molecule has 0 aromatic heterocycles. The summed E-state index contributed by atoms with van der Waals surface area (Å²) in [7, 11) is 0. The summed E-state index contributed by atoms with van der Waals surface area (Å²) in [5.41, 5.74) is -1.03. The van der Waals surface area contributed by atoms with E-state index in [1.54, 1.807) is 0 Å². The van der Waals surface area contributed by atoms with Crippen LogP contribution in [0.5, 0.6) is 5.75 Å². The molecule has 0 saturated heterocycles. The van der Waals surface area contributed by atoms with E-state index >= 15 is 0 Å². The van der Waals surface area contributed by atoms with Crippen LogP contribution in [0.2, 0.25) is 0 Å². The smallest absolute Gasteiger partial charge is 0.119 e. The number of hydrogen-bond donors (Lipinski definition) is 2. The minimum absolute atomic E-state index is 0.109. The first-order chi connectivity index (χ1) is 14.7. The van der Waals surface area contributed by atoms with Crippen molar-refractivity contribution in [3.8, 4) is 5.75 Å². The van der Waals surface area contributed by atoms with Crippen molar-refractivity contribution < 1.29 is 14.9 Å². The van der Waals surface area contributed by atoms with Crippen LogP contribution in [0.4, 0.5) is 0 Å². The van der Waals surface area contributed by atoms with Gasteiger partial charge >= 0.3 is 0 Å². The maximum absolute atomic E-state index is 13.1. The summed E-state index contributed by atoms with van der Waals surface area (Å²) in [6.07, 6.45) is 6.57. The standard InChI is InChI=1S/C27H32O3/c28-11-25-21-14-7-4-8-15(14)22-19(21)20-23(25)16-9-10-17-18(16)24(20)26(22,27(17,25)29)12-30-13-5-2-1-3-6-13/h1-3,5-6,14-24,28-29H,4,7-12H2/t14-,15+,16+,17-,18-,19+,20-,21+,22+,23-,24-,25-,26+,27-/m1/s1. The van der Waals surface area contributed by atoms with E-state index in [1.165, 1.54) is 32.1 Å². The van der Waals surface area contributed by atoms with Crippen LogP contribution in [0.25, 0.3) is 0 Å². The highest BCUT2D eigenvalue weighted by molar-refractivity contribution is 5.47. The first kappa shape index (κ1) is 16.6. The number of aliphatic hydroxyl groups excluding tert-OH is 1. The van der Waals surface area contributed by atoms with Crippen LogP contribution >= 0.6 is 0 Å². The molecule has 0 radical (unpaired) electrons. The maximum atomic E-state index is 13.1. The van der Waals surface area contributed by atoms with Gasteiger partial charge in [-0.15, -0.1) is 0 Å². The molecule has 2 N–H and O–H groups in total. The van der Waals surface area contributed by atoms with Crippen molar-refractivity contribution >= 4 is 0 Å². The number of fused-ring (bicyclic) bond motifs is 1. The molecule has 9 aliphatic carbocycles. The van der Waals surface area contributed by atoms with E-state index in [0.29, 0.717) is 36.2 Å². The zero-order valence-corrected chi connectivity index (χ0v) is 17.5. The quantitative estimate of drug-likeness (QED) is 0.806. The monoisotopic (exact) mass is 404 g/mol. The average molecular weight is 405 g/mol. The molecule has 1 aromatic rings. The lowest BCUT2D eigenvalue weighted by Crippen LogP contribution is -2.72. The number of rotatable bonds is 4. The Morgan fingerprint density at radius 1 is 0.800 bits per heavy atom. The largest absolute Gasteiger partial charge is 0.493 e. The Balaban J connectivity index is 1.30. The van der Waals surface area contributed by atoms with Crippen LogP contribution in [0, 0.1) is 75.9 Å². The van der Waals surface area contributed by atoms with Gasteiger partial charge in [0.15, 0.2) is 0 Å². The van der Waals surface area contributed by atoms with Crippen molar-refractivity contribution in [1.82, 2.24) is 0 Å². The molecule has 9 saturated carbocycles. The van der Waals surface area contributed by atoms with Gasteiger partial charge in [0, 0.05) is 10.8 Å². The van der Waals surface area contributed by atoms with Crippen LogP contribution in [0.3, 0.4) is 0 Å². The van der Waals surface area contributed by atoms with E-state index in [-0.39, 0.29) is 17.4 Å². The van der Waals surface area contributed by atoms with Crippen LogP contribution in [0.15, 0.2) is 30.3 Å². The van der Waals surface area contributed by atoms with Gasteiger partial charge in [-0.3, -0.25) is 0 Å². The molecule has 0 heterocycles. The molecule has 10 rings (SSSR count). The fourth-order valence-electron chi connectivity index (χ4n) is 13.7. The van der Waals surface area contributed by atoms with E-state index in [4.69, 9.17) is 4.74 Å². The minimum Gasteiger partial charge on any atom is -0.493 e. The highest BCUT2D eigenvalue weighted by Gasteiger charge is 3.00. The molecule has 158 valence electrons. The zero-order chi connectivity index (χ0) is 19.6. The van der Waals surface area contributed by atoms with Crippen molar-refractivity contribution in [3.63, 3.8) is 0 Å². The predicted octanol–water partition coefficient (Wildman–Crippen LogP) is 3.60. The predicted molar refractivity (Wildman–Crippen MR) is 110 cm³/mol. The SMILES string of the molecule is OC[C@]12[C@@H]3[C@H]4CC[C@@H]5[C@@H]4[C@@H]4[C@@H]3[C@H]3[C@@H]1[C@@H]1CCC[C@@H]1[C@@H]3[C@]4(COc1ccccc1)[C@@]52O. The van der Waals surface area contributed by atoms with Gasteiger partial charge in [0.05, 0.1) is 18.8 Å². The molecule has 9 aliphatic rings. The van der Waals surface area contributed by atoms with Crippen LogP contribution in [-0.2, 0) is 0 Å².